The normalized spacial score (nSPS) is 18.0. The summed E-state index contributed by atoms with van der Waals surface area (Å²) in [6, 6.07) is 15.4. The van der Waals surface area contributed by atoms with Gasteiger partial charge in [0.05, 0.1) is 32.2 Å². The Kier molecular flexibility index (Phi) is 7.30. The van der Waals surface area contributed by atoms with Crippen LogP contribution in [0, 0.1) is 0 Å². The highest BCUT2D eigenvalue weighted by Gasteiger charge is 2.37. The zero-order chi connectivity index (χ0) is 20.6. The number of nitrogens with zero attached hydrogens (tertiary/aromatic N) is 3. The Morgan fingerprint density at radius 3 is 2.62 bits per heavy atom. The molecule has 0 spiro atoms. The first kappa shape index (κ1) is 20.9. The highest BCUT2D eigenvalue weighted by molar-refractivity contribution is 8.15. The summed E-state index contributed by atoms with van der Waals surface area (Å²) in [6.07, 6.45) is 3.40. The first-order chi connectivity index (χ1) is 14.2. The zero-order valence-corrected chi connectivity index (χ0v) is 17.7. The van der Waals surface area contributed by atoms with Crippen molar-refractivity contribution in [3.63, 3.8) is 0 Å². The summed E-state index contributed by atoms with van der Waals surface area (Å²) < 4.78 is 10.6. The van der Waals surface area contributed by atoms with Crippen LogP contribution in [0.3, 0.4) is 0 Å². The van der Waals surface area contributed by atoms with Gasteiger partial charge >= 0.3 is 0 Å². The van der Waals surface area contributed by atoms with Gasteiger partial charge in [-0.1, -0.05) is 55.4 Å². The number of thioether (sulfide) groups is 1. The topological polar surface area (TPSA) is 63.5 Å². The van der Waals surface area contributed by atoms with E-state index in [4.69, 9.17) is 9.47 Å². The Bertz CT molecular complexity index is 899. The minimum Gasteiger partial charge on any atom is -0.497 e. The highest BCUT2D eigenvalue weighted by atomic mass is 32.2. The fraction of sp³-hybridized carbons (Fsp3) is 0.318. The maximum absolute atomic E-state index is 12.9. The van der Waals surface area contributed by atoms with E-state index < -0.39 is 0 Å². The molecule has 1 aliphatic rings. The number of carbonyl (C=O) groups excluding carboxylic acids is 1. The lowest BCUT2D eigenvalue weighted by Crippen LogP contribution is -2.31. The fourth-order valence-electron chi connectivity index (χ4n) is 3.01. The van der Waals surface area contributed by atoms with Crippen LogP contribution in [0.25, 0.3) is 0 Å². The van der Waals surface area contributed by atoms with Gasteiger partial charge in [0, 0.05) is 11.6 Å². The fourth-order valence-corrected chi connectivity index (χ4v) is 4.22. The van der Waals surface area contributed by atoms with Crippen molar-refractivity contribution in [2.45, 2.75) is 31.6 Å². The summed E-state index contributed by atoms with van der Waals surface area (Å²) in [5.41, 5.74) is 1.85. The van der Waals surface area contributed by atoms with Crippen LogP contribution in [-0.4, -0.2) is 41.7 Å². The SMILES string of the molecule is CCC[C@H]1S/C(=N/N=C\c2ccc(OC)cc2OC)N(Cc2ccccc2)C1=O. The summed E-state index contributed by atoms with van der Waals surface area (Å²) in [7, 11) is 3.21. The van der Waals surface area contributed by atoms with Gasteiger partial charge in [-0.3, -0.25) is 9.69 Å². The van der Waals surface area contributed by atoms with E-state index >= 15 is 0 Å². The Labute approximate surface area is 175 Å². The van der Waals surface area contributed by atoms with Crippen molar-refractivity contribution in [3.05, 3.63) is 59.7 Å². The molecule has 0 saturated carbocycles. The molecule has 1 atom stereocenters. The molecule has 2 aromatic rings. The van der Waals surface area contributed by atoms with Gasteiger partial charge in [0.25, 0.3) is 0 Å². The maximum atomic E-state index is 12.9. The average molecular weight is 412 g/mol. The van der Waals surface area contributed by atoms with Crippen LogP contribution in [0.5, 0.6) is 11.5 Å². The van der Waals surface area contributed by atoms with Crippen molar-refractivity contribution in [1.29, 1.82) is 0 Å². The van der Waals surface area contributed by atoms with Gasteiger partial charge in [-0.2, -0.15) is 5.10 Å². The molecule has 0 radical (unpaired) electrons. The third kappa shape index (κ3) is 5.17. The molecule has 1 fully saturated rings. The van der Waals surface area contributed by atoms with Crippen LogP contribution < -0.4 is 9.47 Å². The summed E-state index contributed by atoms with van der Waals surface area (Å²) >= 11 is 1.48. The Balaban J connectivity index is 1.82. The van der Waals surface area contributed by atoms with Crippen LogP contribution in [-0.2, 0) is 11.3 Å². The quantitative estimate of drug-likeness (QED) is 0.479. The number of amidine groups is 1. The minimum absolute atomic E-state index is 0.0941. The Morgan fingerprint density at radius 1 is 1.14 bits per heavy atom. The molecule has 3 rings (SSSR count). The van der Waals surface area contributed by atoms with E-state index in [0.29, 0.717) is 23.2 Å². The molecular weight excluding hydrogens is 386 g/mol. The molecule has 1 amide bonds. The molecule has 6 nitrogen and oxygen atoms in total. The van der Waals surface area contributed by atoms with Crippen molar-refractivity contribution in [3.8, 4) is 11.5 Å². The molecule has 0 aromatic heterocycles. The second-order valence-electron chi connectivity index (χ2n) is 6.54. The summed E-state index contributed by atoms with van der Waals surface area (Å²) in [5.74, 6) is 1.45. The maximum Gasteiger partial charge on any atom is 0.242 e. The molecule has 1 heterocycles. The van der Waals surface area contributed by atoms with Crippen molar-refractivity contribution >= 4 is 29.1 Å². The second kappa shape index (κ2) is 10.1. The third-order valence-electron chi connectivity index (χ3n) is 4.54. The molecule has 1 aliphatic heterocycles. The number of rotatable bonds is 8. The van der Waals surface area contributed by atoms with E-state index in [1.54, 1.807) is 31.4 Å². The van der Waals surface area contributed by atoms with Gasteiger partial charge < -0.3 is 9.47 Å². The average Bonchev–Trinajstić information content (AvgIpc) is 3.04. The lowest BCUT2D eigenvalue weighted by atomic mass is 10.2. The van der Waals surface area contributed by atoms with E-state index in [2.05, 4.69) is 17.1 Å². The van der Waals surface area contributed by atoms with E-state index in [0.717, 1.165) is 24.0 Å². The van der Waals surface area contributed by atoms with Crippen molar-refractivity contribution in [2.75, 3.05) is 14.2 Å². The minimum atomic E-state index is -0.104. The molecular formula is C22H25N3O3S. The summed E-state index contributed by atoms with van der Waals surface area (Å²) in [4.78, 5) is 14.6. The number of benzene rings is 2. The molecule has 7 heteroatoms. The molecule has 1 saturated heterocycles. The monoisotopic (exact) mass is 411 g/mol. The van der Waals surface area contributed by atoms with Crippen LogP contribution >= 0.6 is 11.8 Å². The van der Waals surface area contributed by atoms with Gasteiger partial charge in [-0.15, -0.1) is 5.10 Å². The molecule has 0 N–H and O–H groups in total. The lowest BCUT2D eigenvalue weighted by molar-refractivity contribution is -0.126. The molecule has 2 aromatic carbocycles. The van der Waals surface area contributed by atoms with Crippen LogP contribution in [0.15, 0.2) is 58.7 Å². The molecule has 152 valence electrons. The van der Waals surface area contributed by atoms with E-state index in [-0.39, 0.29) is 11.2 Å². The van der Waals surface area contributed by atoms with E-state index in [1.807, 2.05) is 42.5 Å². The number of ether oxygens (including phenoxy) is 2. The summed E-state index contributed by atoms with van der Waals surface area (Å²) in [6.45, 7) is 2.58. The van der Waals surface area contributed by atoms with Gasteiger partial charge in [0.2, 0.25) is 5.91 Å². The number of hydrogen-bond donors (Lipinski definition) is 0. The molecule has 29 heavy (non-hydrogen) atoms. The standard InChI is InChI=1S/C22H25N3O3S/c1-4-8-20-21(26)25(15-16-9-6-5-7-10-16)22(29-20)24-23-14-17-11-12-18(27-2)13-19(17)28-3/h5-7,9-14,20H,4,8,15H2,1-3H3/b23-14-,24-22+/t20-/m1/s1. The predicted octanol–water partition coefficient (Wildman–Crippen LogP) is 4.34. The van der Waals surface area contributed by atoms with E-state index in [1.165, 1.54) is 11.8 Å². The largest absolute Gasteiger partial charge is 0.497 e. The highest BCUT2D eigenvalue weighted by Crippen LogP contribution is 2.31. The summed E-state index contributed by atoms with van der Waals surface area (Å²) in [5, 5.41) is 9.12. The van der Waals surface area contributed by atoms with Crippen LogP contribution in [0.1, 0.15) is 30.9 Å². The van der Waals surface area contributed by atoms with Crippen LogP contribution in [0.2, 0.25) is 0 Å². The number of hydrogen-bond acceptors (Lipinski definition) is 6. The molecule has 0 bridgehead atoms. The predicted molar refractivity (Wildman–Crippen MR) is 118 cm³/mol. The van der Waals surface area contributed by atoms with Gasteiger partial charge in [0.1, 0.15) is 11.5 Å². The lowest BCUT2D eigenvalue weighted by Gasteiger charge is -2.15. The first-order valence-electron chi connectivity index (χ1n) is 9.51. The molecule has 0 aliphatic carbocycles. The van der Waals surface area contributed by atoms with Gasteiger partial charge in [-0.05, 0) is 24.1 Å². The first-order valence-corrected chi connectivity index (χ1v) is 10.4. The van der Waals surface area contributed by atoms with Gasteiger partial charge in [0.15, 0.2) is 5.17 Å². The van der Waals surface area contributed by atoms with Crippen molar-refractivity contribution < 1.29 is 14.3 Å². The number of carbonyl (C=O) groups is 1. The van der Waals surface area contributed by atoms with Crippen molar-refractivity contribution in [2.24, 2.45) is 10.2 Å². The van der Waals surface area contributed by atoms with Crippen LogP contribution in [0.4, 0.5) is 0 Å². The Hall–Kier alpha value is -2.80. The second-order valence-corrected chi connectivity index (χ2v) is 7.71. The molecule has 0 unspecified atom stereocenters. The zero-order valence-electron chi connectivity index (χ0n) is 16.9. The number of amides is 1. The third-order valence-corrected chi connectivity index (χ3v) is 5.77. The van der Waals surface area contributed by atoms with Crippen molar-refractivity contribution in [1.82, 2.24) is 4.90 Å². The number of methoxy groups -OCH3 is 2. The smallest absolute Gasteiger partial charge is 0.242 e. The Morgan fingerprint density at radius 2 is 1.93 bits per heavy atom. The van der Waals surface area contributed by atoms with E-state index in [9.17, 15) is 4.79 Å². The van der Waals surface area contributed by atoms with Gasteiger partial charge in [-0.25, -0.2) is 0 Å².